The van der Waals surface area contributed by atoms with E-state index in [9.17, 15) is 66.3 Å². The van der Waals surface area contributed by atoms with Gasteiger partial charge in [-0.25, -0.2) is 22.0 Å². The number of benzene rings is 2. The lowest BCUT2D eigenvalue weighted by Gasteiger charge is -2.43. The highest BCUT2D eigenvalue weighted by Crippen LogP contribution is 2.60. The fourth-order valence-electron chi connectivity index (χ4n) is 6.52. The minimum atomic E-state index is -6.42. The summed E-state index contributed by atoms with van der Waals surface area (Å²) in [4.78, 5) is 23.6. The molecule has 0 aromatic heterocycles. The van der Waals surface area contributed by atoms with Crippen molar-refractivity contribution in [1.82, 2.24) is 5.32 Å². The van der Waals surface area contributed by atoms with E-state index in [0.29, 0.717) is 12.1 Å². The van der Waals surface area contributed by atoms with E-state index in [1.165, 1.54) is 0 Å². The second-order valence-electron chi connectivity index (χ2n) is 11.9. The summed E-state index contributed by atoms with van der Waals surface area (Å²) in [7, 11) is -4.64. The van der Waals surface area contributed by atoms with Crippen LogP contribution >= 0.6 is 0 Å². The van der Waals surface area contributed by atoms with E-state index >= 15 is 0 Å². The molecule has 47 heavy (non-hydrogen) atoms. The lowest BCUT2D eigenvalue weighted by molar-refractivity contribution is -0.348. The van der Waals surface area contributed by atoms with Gasteiger partial charge in [0, 0.05) is 12.1 Å². The van der Waals surface area contributed by atoms with E-state index in [1.54, 1.807) is 0 Å². The zero-order chi connectivity index (χ0) is 35.6. The van der Waals surface area contributed by atoms with E-state index < -0.39 is 84.4 Å². The van der Waals surface area contributed by atoms with Gasteiger partial charge in [0.15, 0.2) is 15.4 Å². The molecule has 6 nitrogen and oxygen atoms in total. The van der Waals surface area contributed by atoms with Crippen molar-refractivity contribution >= 4 is 21.7 Å². The van der Waals surface area contributed by atoms with Gasteiger partial charge in [0.2, 0.25) is 0 Å². The average molecular weight is 710 g/mol. The molecule has 1 N–H and O–H groups in total. The van der Waals surface area contributed by atoms with Crippen LogP contribution in [0.25, 0.3) is 0 Å². The molecule has 260 valence electrons. The predicted molar refractivity (Wildman–Crippen MR) is 140 cm³/mol. The van der Waals surface area contributed by atoms with Crippen LogP contribution in [0.1, 0.15) is 49.8 Å². The molecule has 0 unspecified atom stereocenters. The third-order valence-electron chi connectivity index (χ3n) is 8.77. The summed E-state index contributed by atoms with van der Waals surface area (Å²) in [5.41, 5.74) is -10.4. The normalized spacial score (nSPS) is 22.3. The number of sulfone groups is 1. The molecule has 0 radical (unpaired) electrons. The Kier molecular flexibility index (Phi) is 8.99. The molecule has 0 saturated heterocycles. The maximum Gasteiger partial charge on any atom is 0.490 e. The smallest absolute Gasteiger partial charge is 0.443 e. The van der Waals surface area contributed by atoms with Crippen LogP contribution in [0.3, 0.4) is 0 Å². The van der Waals surface area contributed by atoms with Crippen molar-refractivity contribution in [2.75, 3.05) is 6.54 Å². The predicted octanol–water partition coefficient (Wildman–Crippen LogP) is 6.76. The minimum Gasteiger partial charge on any atom is -0.443 e. The number of ether oxygens (including phenoxy) is 1. The summed E-state index contributed by atoms with van der Waals surface area (Å²) < 4.78 is 179. The standard InChI is InChI=1S/C29H26F11NO5S/c1-24(2,46-23(43)27(32,33)34)22(42)41-14-16-11-12-25(47(44,45)19-7-5-18(30)6-8-19)20-10-4-17(13-15(20)3-9-21(16)25)26(31,28(35,36)37)29(38,39)40/h4-8,10,13,16,21H,3,9,11-12,14H2,1-2H3,(H,41,42)/t16-,21-,25+/m0/s1. The second kappa shape index (κ2) is 11.6. The second-order valence-corrected chi connectivity index (χ2v) is 14.1. The Balaban J connectivity index is 1.77. The number of amides is 1. The van der Waals surface area contributed by atoms with Gasteiger partial charge in [-0.15, -0.1) is 0 Å². The number of esters is 1. The van der Waals surface area contributed by atoms with Gasteiger partial charge >= 0.3 is 30.2 Å². The van der Waals surface area contributed by atoms with Crippen LogP contribution in [0.2, 0.25) is 0 Å². The molecule has 1 amide bonds. The van der Waals surface area contributed by atoms with E-state index in [-0.39, 0.29) is 49.4 Å². The number of hydrogen-bond donors (Lipinski definition) is 1. The zero-order valence-electron chi connectivity index (χ0n) is 24.3. The molecular weight excluding hydrogens is 683 g/mol. The first kappa shape index (κ1) is 36.4. The summed E-state index contributed by atoms with van der Waals surface area (Å²) in [5, 5.41) is 2.33. The Labute approximate surface area is 260 Å². The van der Waals surface area contributed by atoms with E-state index in [1.807, 2.05) is 0 Å². The van der Waals surface area contributed by atoms with E-state index in [2.05, 4.69) is 10.1 Å². The first-order chi connectivity index (χ1) is 21.3. The van der Waals surface area contributed by atoms with Gasteiger partial charge in [0.05, 0.1) is 4.90 Å². The Morgan fingerprint density at radius 2 is 1.47 bits per heavy atom. The monoisotopic (exact) mass is 709 g/mol. The van der Waals surface area contributed by atoms with Gasteiger partial charge < -0.3 is 10.1 Å². The van der Waals surface area contributed by atoms with Crippen LogP contribution in [0.15, 0.2) is 47.4 Å². The maximum atomic E-state index is 14.9. The Bertz CT molecular complexity index is 1640. The van der Waals surface area contributed by atoms with Crippen LogP contribution in [0.5, 0.6) is 0 Å². The van der Waals surface area contributed by atoms with Crippen molar-refractivity contribution in [2.45, 2.75) is 79.0 Å². The van der Waals surface area contributed by atoms with Crippen LogP contribution in [0.4, 0.5) is 48.3 Å². The van der Waals surface area contributed by atoms with Crippen LogP contribution in [0, 0.1) is 17.7 Å². The maximum absolute atomic E-state index is 14.9. The van der Waals surface area contributed by atoms with Crippen LogP contribution in [-0.4, -0.2) is 51.0 Å². The molecule has 3 atom stereocenters. The van der Waals surface area contributed by atoms with Crippen molar-refractivity contribution in [1.29, 1.82) is 0 Å². The number of nitrogens with one attached hydrogen (secondary N) is 1. The Morgan fingerprint density at radius 1 is 0.894 bits per heavy atom. The number of rotatable bonds is 7. The number of carbonyl (C=O) groups excluding carboxylic acids is 2. The molecule has 4 rings (SSSR count). The molecular formula is C29H26F11NO5S. The minimum absolute atomic E-state index is 0.0204. The van der Waals surface area contributed by atoms with Crippen molar-refractivity contribution in [3.05, 3.63) is 65.0 Å². The van der Waals surface area contributed by atoms with Crippen molar-refractivity contribution in [3.63, 3.8) is 0 Å². The first-order valence-corrected chi connectivity index (χ1v) is 15.3. The highest BCUT2D eigenvalue weighted by molar-refractivity contribution is 7.92. The summed E-state index contributed by atoms with van der Waals surface area (Å²) in [6, 6.07) is 4.75. The molecule has 0 heterocycles. The van der Waals surface area contributed by atoms with Crippen LogP contribution in [-0.2, 0) is 41.0 Å². The largest absolute Gasteiger partial charge is 0.490 e. The first-order valence-electron chi connectivity index (χ1n) is 13.9. The summed E-state index contributed by atoms with van der Waals surface area (Å²) in [6.45, 7) is 1.39. The number of carbonyl (C=O) groups is 2. The van der Waals surface area contributed by atoms with Gasteiger partial charge in [-0.1, -0.05) is 18.2 Å². The average Bonchev–Trinajstić information content (AvgIpc) is 3.34. The summed E-state index contributed by atoms with van der Waals surface area (Å²) in [6.07, 6.45) is -19.1. The molecule has 1 fully saturated rings. The van der Waals surface area contributed by atoms with Gasteiger partial charge in [-0.05, 0) is 86.8 Å². The Morgan fingerprint density at radius 3 is 2.00 bits per heavy atom. The van der Waals surface area contributed by atoms with E-state index in [0.717, 1.165) is 38.1 Å². The fourth-order valence-corrected chi connectivity index (χ4v) is 9.02. The number of fused-ring (bicyclic) bond motifs is 3. The number of halogens is 11. The number of hydrogen-bond acceptors (Lipinski definition) is 5. The number of aryl methyl sites for hydroxylation is 1. The molecule has 2 aliphatic carbocycles. The quantitative estimate of drug-likeness (QED) is 0.195. The summed E-state index contributed by atoms with van der Waals surface area (Å²) >= 11 is 0. The zero-order valence-corrected chi connectivity index (χ0v) is 25.2. The molecule has 0 bridgehead atoms. The molecule has 2 aromatic rings. The lowest BCUT2D eigenvalue weighted by atomic mass is 9.72. The van der Waals surface area contributed by atoms with Gasteiger partial charge in [0.25, 0.3) is 5.91 Å². The molecule has 2 aromatic carbocycles. The molecule has 0 aliphatic heterocycles. The molecule has 2 aliphatic rings. The highest BCUT2D eigenvalue weighted by atomic mass is 32.2. The molecule has 18 heteroatoms. The highest BCUT2D eigenvalue weighted by Gasteiger charge is 2.73. The van der Waals surface area contributed by atoms with Crippen molar-refractivity contribution < 1.29 is 71.0 Å². The van der Waals surface area contributed by atoms with Crippen LogP contribution < -0.4 is 5.32 Å². The van der Waals surface area contributed by atoms with Gasteiger partial charge in [0.1, 0.15) is 10.6 Å². The van der Waals surface area contributed by atoms with Crippen molar-refractivity contribution in [3.8, 4) is 0 Å². The fraction of sp³-hybridized carbons (Fsp3) is 0.517. The Hall–Kier alpha value is -3.44. The topological polar surface area (TPSA) is 89.5 Å². The molecule has 1 saturated carbocycles. The summed E-state index contributed by atoms with van der Waals surface area (Å²) in [5.74, 6) is -6.39. The molecule has 0 spiro atoms. The third-order valence-corrected chi connectivity index (χ3v) is 11.4. The van der Waals surface area contributed by atoms with E-state index in [4.69, 9.17) is 0 Å². The number of alkyl halides is 10. The third kappa shape index (κ3) is 6.05. The van der Waals surface area contributed by atoms with Gasteiger partial charge in [-0.2, -0.15) is 39.5 Å². The SMILES string of the molecule is CC(C)(OC(=O)C(F)(F)F)C(=O)NC[C@@H]1CC[C@@]2(S(=O)(=O)c3ccc(F)cc3)c3ccc(C(F)(C(F)(F)F)C(F)(F)F)cc3CC[C@@H]12. The van der Waals surface area contributed by atoms with Gasteiger partial charge in [-0.3, -0.25) is 4.79 Å². The van der Waals surface area contributed by atoms with Crippen molar-refractivity contribution in [2.24, 2.45) is 11.8 Å². The lowest BCUT2D eigenvalue weighted by Crippen LogP contribution is -2.51.